The van der Waals surface area contributed by atoms with Gasteiger partial charge in [0.05, 0.1) is 0 Å². The molecule has 0 spiro atoms. The van der Waals surface area contributed by atoms with Gasteiger partial charge in [-0.15, -0.1) is 0 Å². The lowest BCUT2D eigenvalue weighted by atomic mass is 10.3. The molecule has 1 aromatic heterocycles. The van der Waals surface area contributed by atoms with Crippen LogP contribution >= 0.6 is 27.5 Å². The predicted octanol–water partition coefficient (Wildman–Crippen LogP) is 2.13. The Labute approximate surface area is 86.0 Å². The molecule has 0 aliphatic rings. The number of nitro groups is 1. The van der Waals surface area contributed by atoms with E-state index in [0.717, 1.165) is 0 Å². The summed E-state index contributed by atoms with van der Waals surface area (Å²) in [6, 6.07) is 2.65. The molecule has 0 aliphatic carbocycles. The minimum atomic E-state index is -0.897. The smallest absolute Gasteiger partial charge is 0.358 e. The number of hydrogen-bond donors (Lipinski definition) is 0. The minimum absolute atomic E-state index is 0.213. The van der Waals surface area contributed by atoms with Crippen molar-refractivity contribution in [3.05, 3.63) is 32.4 Å². The normalized spacial score (nSPS) is 9.69. The van der Waals surface area contributed by atoms with Crippen molar-refractivity contribution in [2.75, 3.05) is 0 Å². The van der Waals surface area contributed by atoms with Crippen LogP contribution in [0.3, 0.4) is 0 Å². The molecule has 5 nitrogen and oxygen atoms in total. The Hall–Kier alpha value is -1.01. The fourth-order valence-electron chi connectivity index (χ4n) is 0.718. The second-order valence-corrected chi connectivity index (χ2v) is 3.19. The van der Waals surface area contributed by atoms with Gasteiger partial charge in [0.25, 0.3) is 5.24 Å². The van der Waals surface area contributed by atoms with E-state index < -0.39 is 16.0 Å². The SMILES string of the molecule is O=C(Cl)c1ccc(Br)nc1[N+](=O)[O-]. The zero-order valence-electron chi connectivity index (χ0n) is 6.03. The van der Waals surface area contributed by atoms with E-state index in [4.69, 9.17) is 11.6 Å². The number of rotatable bonds is 2. The number of aromatic nitrogens is 1. The van der Waals surface area contributed by atoms with Gasteiger partial charge >= 0.3 is 5.82 Å². The number of hydrogen-bond acceptors (Lipinski definition) is 4. The molecule has 0 unspecified atom stereocenters. The Morgan fingerprint density at radius 1 is 1.62 bits per heavy atom. The zero-order chi connectivity index (χ0) is 10.0. The lowest BCUT2D eigenvalue weighted by molar-refractivity contribution is -0.389. The van der Waals surface area contributed by atoms with Crippen molar-refractivity contribution in [2.24, 2.45) is 0 Å². The summed E-state index contributed by atoms with van der Waals surface area (Å²) in [6.45, 7) is 0. The third-order valence-corrected chi connectivity index (χ3v) is 1.87. The maximum absolute atomic E-state index is 10.7. The van der Waals surface area contributed by atoms with Crippen LogP contribution < -0.4 is 0 Å². The molecule has 0 saturated heterocycles. The van der Waals surface area contributed by atoms with Gasteiger partial charge in [-0.2, -0.15) is 0 Å². The van der Waals surface area contributed by atoms with Crippen LogP contribution in [-0.4, -0.2) is 15.1 Å². The third kappa shape index (κ3) is 2.22. The third-order valence-electron chi connectivity index (χ3n) is 1.23. The molecule has 1 aromatic rings. The van der Waals surface area contributed by atoms with Crippen LogP contribution in [0.15, 0.2) is 16.7 Å². The predicted molar refractivity (Wildman–Crippen MR) is 48.8 cm³/mol. The molecule has 0 aromatic carbocycles. The number of carbonyl (C=O) groups is 1. The number of carbonyl (C=O) groups excluding carboxylic acids is 1. The first-order valence-electron chi connectivity index (χ1n) is 3.03. The Morgan fingerprint density at radius 3 is 2.69 bits per heavy atom. The standard InChI is InChI=1S/C6H2BrClN2O3/c7-4-2-1-3(5(8)11)6(9-4)10(12)13/h1-2H. The van der Waals surface area contributed by atoms with E-state index in [0.29, 0.717) is 0 Å². The van der Waals surface area contributed by atoms with Crippen molar-refractivity contribution >= 4 is 38.6 Å². The summed E-state index contributed by atoms with van der Waals surface area (Å²) < 4.78 is 0.279. The average Bonchev–Trinajstić information content (AvgIpc) is 2.03. The quantitative estimate of drug-likeness (QED) is 0.355. The van der Waals surface area contributed by atoms with E-state index in [2.05, 4.69) is 20.9 Å². The molecule has 0 aliphatic heterocycles. The van der Waals surface area contributed by atoms with Crippen molar-refractivity contribution in [1.82, 2.24) is 4.98 Å². The van der Waals surface area contributed by atoms with E-state index in [1.165, 1.54) is 12.1 Å². The monoisotopic (exact) mass is 264 g/mol. The van der Waals surface area contributed by atoms with Crippen molar-refractivity contribution in [1.29, 1.82) is 0 Å². The fourth-order valence-corrected chi connectivity index (χ4v) is 1.17. The Morgan fingerprint density at radius 2 is 2.23 bits per heavy atom. The number of halogens is 2. The van der Waals surface area contributed by atoms with E-state index >= 15 is 0 Å². The highest BCUT2D eigenvalue weighted by molar-refractivity contribution is 9.10. The summed E-state index contributed by atoms with van der Waals surface area (Å²) >= 11 is 8.05. The van der Waals surface area contributed by atoms with Crippen LogP contribution in [0, 0.1) is 10.1 Å². The van der Waals surface area contributed by atoms with Crippen molar-refractivity contribution in [3.63, 3.8) is 0 Å². The minimum Gasteiger partial charge on any atom is -0.358 e. The Kier molecular flexibility index (Phi) is 2.94. The highest BCUT2D eigenvalue weighted by Gasteiger charge is 2.20. The molecule has 0 amide bonds. The highest BCUT2D eigenvalue weighted by atomic mass is 79.9. The first-order chi connectivity index (χ1) is 6.02. The van der Waals surface area contributed by atoms with Gasteiger partial charge in [-0.05, 0) is 33.6 Å². The highest BCUT2D eigenvalue weighted by Crippen LogP contribution is 2.20. The molecule has 0 radical (unpaired) electrons. The molecular weight excluding hydrogens is 263 g/mol. The second-order valence-electron chi connectivity index (χ2n) is 2.04. The topological polar surface area (TPSA) is 73.1 Å². The van der Waals surface area contributed by atoms with Crippen LogP contribution in [-0.2, 0) is 0 Å². The van der Waals surface area contributed by atoms with Crippen LogP contribution in [0.1, 0.15) is 10.4 Å². The van der Waals surface area contributed by atoms with Crippen molar-refractivity contribution in [2.45, 2.75) is 0 Å². The molecule has 0 N–H and O–H groups in total. The van der Waals surface area contributed by atoms with Gasteiger partial charge in [0, 0.05) is 15.9 Å². The van der Waals surface area contributed by atoms with Crippen LogP contribution in [0.2, 0.25) is 0 Å². The number of pyridine rings is 1. The molecule has 13 heavy (non-hydrogen) atoms. The van der Waals surface area contributed by atoms with Crippen LogP contribution in [0.5, 0.6) is 0 Å². The van der Waals surface area contributed by atoms with Gasteiger partial charge in [0.15, 0.2) is 0 Å². The van der Waals surface area contributed by atoms with E-state index in [-0.39, 0.29) is 10.2 Å². The zero-order valence-corrected chi connectivity index (χ0v) is 8.37. The van der Waals surface area contributed by atoms with Crippen LogP contribution in [0.25, 0.3) is 0 Å². The first-order valence-corrected chi connectivity index (χ1v) is 4.20. The van der Waals surface area contributed by atoms with Crippen molar-refractivity contribution in [3.8, 4) is 0 Å². The summed E-state index contributed by atoms with van der Waals surface area (Å²) in [5.74, 6) is -0.547. The van der Waals surface area contributed by atoms with Gasteiger partial charge in [0.1, 0.15) is 5.56 Å². The van der Waals surface area contributed by atoms with E-state index in [9.17, 15) is 14.9 Å². The van der Waals surface area contributed by atoms with Gasteiger partial charge < -0.3 is 10.1 Å². The molecular formula is C6H2BrClN2O3. The largest absolute Gasteiger partial charge is 0.376 e. The summed E-state index contributed by atoms with van der Waals surface area (Å²) in [5.41, 5.74) is -0.213. The van der Waals surface area contributed by atoms with E-state index in [1.54, 1.807) is 0 Å². The summed E-state index contributed by atoms with van der Waals surface area (Å²) in [5, 5.41) is 9.49. The molecule has 0 atom stereocenters. The molecule has 7 heteroatoms. The fraction of sp³-hybridized carbons (Fsp3) is 0. The van der Waals surface area contributed by atoms with Gasteiger partial charge in [0.2, 0.25) is 4.60 Å². The molecule has 1 heterocycles. The molecule has 1 rings (SSSR count). The summed E-state index contributed by atoms with van der Waals surface area (Å²) in [4.78, 5) is 23.8. The maximum Gasteiger partial charge on any atom is 0.376 e. The van der Waals surface area contributed by atoms with Gasteiger partial charge in [-0.3, -0.25) is 4.79 Å². The average molecular weight is 265 g/mol. The van der Waals surface area contributed by atoms with Crippen molar-refractivity contribution < 1.29 is 9.72 Å². The molecule has 0 bridgehead atoms. The second kappa shape index (κ2) is 3.80. The first kappa shape index (κ1) is 10.1. The Bertz CT molecular complexity index is 382. The lowest BCUT2D eigenvalue weighted by Crippen LogP contribution is -2.01. The van der Waals surface area contributed by atoms with E-state index in [1.807, 2.05) is 0 Å². The lowest BCUT2D eigenvalue weighted by Gasteiger charge is -1.96. The van der Waals surface area contributed by atoms with Crippen LogP contribution in [0.4, 0.5) is 5.82 Å². The molecule has 68 valence electrons. The molecule has 0 fully saturated rings. The maximum atomic E-state index is 10.7. The number of nitrogens with zero attached hydrogens (tertiary/aromatic N) is 2. The summed E-state index contributed by atoms with van der Waals surface area (Å²) in [7, 11) is 0. The summed E-state index contributed by atoms with van der Waals surface area (Å²) in [6.07, 6.45) is 0. The molecule has 0 saturated carbocycles. The van der Waals surface area contributed by atoms with Gasteiger partial charge in [-0.25, -0.2) is 0 Å². The van der Waals surface area contributed by atoms with Gasteiger partial charge in [-0.1, -0.05) is 0 Å². The Balaban J connectivity index is 3.35.